The van der Waals surface area contributed by atoms with Crippen LogP contribution < -0.4 is 4.90 Å². The molecule has 1 aliphatic heterocycles. The van der Waals surface area contributed by atoms with E-state index in [4.69, 9.17) is 0 Å². The summed E-state index contributed by atoms with van der Waals surface area (Å²) in [4.78, 5) is 25.1. The van der Waals surface area contributed by atoms with Crippen molar-refractivity contribution >= 4 is 17.5 Å². The molecule has 0 spiro atoms. The second kappa shape index (κ2) is 3.42. The van der Waals surface area contributed by atoms with Crippen LogP contribution in [0.3, 0.4) is 0 Å². The number of nitrogens with zero attached hydrogens (tertiary/aromatic N) is 1. The number of hydrogen-bond acceptors (Lipinski definition) is 2. The van der Waals surface area contributed by atoms with Crippen LogP contribution in [0.5, 0.6) is 0 Å². The van der Waals surface area contributed by atoms with Gasteiger partial charge in [0.05, 0.1) is 17.5 Å². The van der Waals surface area contributed by atoms with Gasteiger partial charge in [-0.15, -0.1) is 0 Å². The van der Waals surface area contributed by atoms with E-state index in [0.717, 1.165) is 12.1 Å². The molecule has 1 heterocycles. The Morgan fingerprint density at radius 1 is 1.06 bits per heavy atom. The second-order valence-electron chi connectivity index (χ2n) is 5.21. The van der Waals surface area contributed by atoms with Crippen LogP contribution in [-0.4, -0.2) is 11.8 Å². The Hall–Kier alpha value is -1.64. The van der Waals surface area contributed by atoms with Crippen molar-refractivity contribution in [1.29, 1.82) is 0 Å². The molecule has 88 valence electrons. The molecule has 1 saturated heterocycles. The summed E-state index contributed by atoms with van der Waals surface area (Å²) in [6, 6.07) is 7.72. The zero-order valence-electron chi connectivity index (χ0n) is 10.0. The number of imide groups is 1. The van der Waals surface area contributed by atoms with Gasteiger partial charge in [0.15, 0.2) is 0 Å². The molecule has 0 aromatic heterocycles. The minimum Gasteiger partial charge on any atom is -0.274 e. The van der Waals surface area contributed by atoms with Gasteiger partial charge in [-0.05, 0) is 30.0 Å². The van der Waals surface area contributed by atoms with Crippen LogP contribution in [0.2, 0.25) is 0 Å². The van der Waals surface area contributed by atoms with Crippen LogP contribution in [0.15, 0.2) is 24.3 Å². The zero-order valence-corrected chi connectivity index (χ0v) is 10.0. The summed E-state index contributed by atoms with van der Waals surface area (Å²) in [5.74, 6) is 0.386. The predicted octanol–water partition coefficient (Wildman–Crippen LogP) is 2.32. The van der Waals surface area contributed by atoms with E-state index in [2.05, 4.69) is 13.8 Å². The quantitative estimate of drug-likeness (QED) is 0.730. The minimum atomic E-state index is -0.0210. The third kappa shape index (κ3) is 1.49. The van der Waals surface area contributed by atoms with Gasteiger partial charge in [0.2, 0.25) is 11.8 Å². The fourth-order valence-corrected chi connectivity index (χ4v) is 2.44. The third-order valence-electron chi connectivity index (χ3n) is 3.68. The summed E-state index contributed by atoms with van der Waals surface area (Å²) in [5, 5.41) is 0. The lowest BCUT2D eigenvalue weighted by Crippen LogP contribution is -2.32. The summed E-state index contributed by atoms with van der Waals surface area (Å²) < 4.78 is 0. The topological polar surface area (TPSA) is 37.4 Å². The number of carbonyl (C=O) groups excluding carboxylic acids is 2. The highest BCUT2D eigenvalue weighted by molar-refractivity contribution is 6.24. The van der Waals surface area contributed by atoms with Gasteiger partial charge in [0, 0.05) is 0 Å². The van der Waals surface area contributed by atoms with Crippen LogP contribution in [0, 0.1) is 11.8 Å². The fourth-order valence-electron chi connectivity index (χ4n) is 2.44. The Balaban J connectivity index is 1.90. The van der Waals surface area contributed by atoms with E-state index in [-0.39, 0.29) is 23.7 Å². The Labute approximate surface area is 100 Å². The molecule has 3 rings (SSSR count). The molecule has 1 aromatic carbocycles. The van der Waals surface area contributed by atoms with Crippen LogP contribution in [0.25, 0.3) is 0 Å². The van der Waals surface area contributed by atoms with E-state index in [9.17, 15) is 9.59 Å². The lowest BCUT2D eigenvalue weighted by molar-refractivity contribution is -0.123. The summed E-state index contributed by atoms with van der Waals surface area (Å²) in [6.07, 6.45) is 0.762. The van der Waals surface area contributed by atoms with Gasteiger partial charge < -0.3 is 0 Å². The van der Waals surface area contributed by atoms with E-state index >= 15 is 0 Å². The van der Waals surface area contributed by atoms with Gasteiger partial charge in [-0.3, -0.25) is 14.5 Å². The van der Waals surface area contributed by atoms with Crippen molar-refractivity contribution in [2.75, 3.05) is 4.90 Å². The van der Waals surface area contributed by atoms with Gasteiger partial charge in [-0.2, -0.15) is 0 Å². The number of anilines is 1. The van der Waals surface area contributed by atoms with Gasteiger partial charge in [-0.1, -0.05) is 26.0 Å². The van der Waals surface area contributed by atoms with E-state index in [0.29, 0.717) is 5.92 Å². The van der Waals surface area contributed by atoms with Crippen molar-refractivity contribution in [3.05, 3.63) is 29.8 Å². The molecule has 17 heavy (non-hydrogen) atoms. The van der Waals surface area contributed by atoms with Crippen LogP contribution in [0.4, 0.5) is 5.69 Å². The predicted molar refractivity (Wildman–Crippen MR) is 64.6 cm³/mol. The molecule has 2 aliphatic rings. The van der Waals surface area contributed by atoms with Gasteiger partial charge >= 0.3 is 0 Å². The van der Waals surface area contributed by atoms with Crippen molar-refractivity contribution in [2.24, 2.45) is 11.8 Å². The number of amides is 2. The summed E-state index contributed by atoms with van der Waals surface area (Å²) in [5.41, 5.74) is 1.94. The third-order valence-corrected chi connectivity index (χ3v) is 3.68. The molecule has 1 saturated carbocycles. The lowest BCUT2D eigenvalue weighted by atomic mass is 10.0. The number of rotatable bonds is 2. The van der Waals surface area contributed by atoms with Crippen molar-refractivity contribution in [3.8, 4) is 0 Å². The molecule has 2 fully saturated rings. The number of fused-ring (bicyclic) bond motifs is 1. The number of benzene rings is 1. The molecule has 0 bridgehead atoms. The van der Waals surface area contributed by atoms with Crippen LogP contribution in [-0.2, 0) is 9.59 Å². The average Bonchev–Trinajstić information content (AvgIpc) is 3.05. The Morgan fingerprint density at radius 3 is 2.06 bits per heavy atom. The molecule has 0 unspecified atom stereocenters. The average molecular weight is 229 g/mol. The van der Waals surface area contributed by atoms with Crippen LogP contribution in [0.1, 0.15) is 31.7 Å². The zero-order chi connectivity index (χ0) is 12.2. The SMILES string of the molecule is CC(C)c1ccc(N2C(=O)[C@H]3C[C@@H]3C2=O)cc1. The highest BCUT2D eigenvalue weighted by Crippen LogP contribution is 2.48. The van der Waals surface area contributed by atoms with E-state index in [1.165, 1.54) is 10.5 Å². The van der Waals surface area contributed by atoms with Gasteiger partial charge in [0.1, 0.15) is 0 Å². The molecule has 0 radical (unpaired) electrons. The first-order valence-corrected chi connectivity index (χ1v) is 6.07. The fraction of sp³-hybridized carbons (Fsp3) is 0.429. The Morgan fingerprint density at radius 2 is 1.59 bits per heavy atom. The Kier molecular flexibility index (Phi) is 2.12. The minimum absolute atomic E-state index is 0.0164. The monoisotopic (exact) mass is 229 g/mol. The molecule has 2 amide bonds. The van der Waals surface area contributed by atoms with E-state index in [1.807, 2.05) is 24.3 Å². The molecule has 3 nitrogen and oxygen atoms in total. The highest BCUT2D eigenvalue weighted by atomic mass is 16.2. The molecule has 0 N–H and O–H groups in total. The largest absolute Gasteiger partial charge is 0.274 e. The maximum Gasteiger partial charge on any atom is 0.237 e. The maximum absolute atomic E-state index is 11.9. The molecule has 2 atom stereocenters. The number of carbonyl (C=O) groups is 2. The summed E-state index contributed by atoms with van der Waals surface area (Å²) in [7, 11) is 0. The van der Waals surface area contributed by atoms with Crippen molar-refractivity contribution in [2.45, 2.75) is 26.2 Å². The van der Waals surface area contributed by atoms with Crippen molar-refractivity contribution in [3.63, 3.8) is 0 Å². The van der Waals surface area contributed by atoms with Crippen molar-refractivity contribution < 1.29 is 9.59 Å². The molecule has 3 heteroatoms. The molecule has 1 aromatic rings. The number of hydrogen-bond donors (Lipinski definition) is 0. The molecular weight excluding hydrogens is 214 g/mol. The normalized spacial score (nSPS) is 26.6. The van der Waals surface area contributed by atoms with E-state index < -0.39 is 0 Å². The number of piperidine rings is 1. The first-order valence-electron chi connectivity index (χ1n) is 6.07. The van der Waals surface area contributed by atoms with Gasteiger partial charge in [-0.25, -0.2) is 0 Å². The summed E-state index contributed by atoms with van der Waals surface area (Å²) >= 11 is 0. The smallest absolute Gasteiger partial charge is 0.237 e. The van der Waals surface area contributed by atoms with Crippen LogP contribution >= 0.6 is 0 Å². The first kappa shape index (κ1) is 10.5. The molecular formula is C14H15NO2. The Bertz CT molecular complexity index is 469. The van der Waals surface area contributed by atoms with E-state index in [1.54, 1.807) is 0 Å². The standard InChI is InChI=1S/C14H15NO2/c1-8(2)9-3-5-10(6-4-9)15-13(16)11-7-12(11)14(15)17/h3-6,8,11-12H,7H2,1-2H3/t11-,12-/m0/s1. The van der Waals surface area contributed by atoms with Crippen molar-refractivity contribution in [1.82, 2.24) is 0 Å². The maximum atomic E-state index is 11.9. The first-order chi connectivity index (χ1) is 8.09. The summed E-state index contributed by atoms with van der Waals surface area (Å²) in [6.45, 7) is 4.24. The second-order valence-corrected chi connectivity index (χ2v) is 5.21. The molecule has 1 aliphatic carbocycles. The lowest BCUT2D eigenvalue weighted by Gasteiger charge is -2.17. The van der Waals surface area contributed by atoms with Gasteiger partial charge in [0.25, 0.3) is 0 Å². The highest BCUT2D eigenvalue weighted by Gasteiger charge is 2.59.